The Kier molecular flexibility index (Phi) is 5.14. The van der Waals surface area contributed by atoms with Crippen LogP contribution in [-0.4, -0.2) is 27.1 Å². The van der Waals surface area contributed by atoms with Crippen LogP contribution in [0, 0.1) is 13.8 Å². The minimum Gasteiger partial charge on any atom is -0.330 e. The minimum atomic E-state index is 0.00761. The first kappa shape index (κ1) is 17.2. The Bertz CT molecular complexity index is 863. The third-order valence-electron chi connectivity index (χ3n) is 3.93. The zero-order chi connectivity index (χ0) is 17.8. The predicted molar refractivity (Wildman–Crippen MR) is 102 cm³/mol. The number of rotatable bonds is 6. The Labute approximate surface area is 152 Å². The molecule has 0 N–H and O–H groups in total. The number of aryl methyl sites for hydroxylation is 2. The fourth-order valence-corrected chi connectivity index (χ4v) is 3.50. The van der Waals surface area contributed by atoms with Gasteiger partial charge in [-0.2, -0.15) is 5.10 Å². The van der Waals surface area contributed by atoms with E-state index in [1.807, 2.05) is 66.4 Å². The molecule has 0 atom stereocenters. The highest BCUT2D eigenvalue weighted by Gasteiger charge is 2.16. The summed E-state index contributed by atoms with van der Waals surface area (Å²) in [5.41, 5.74) is 3.67. The molecule has 3 rings (SSSR count). The lowest BCUT2D eigenvalue weighted by Gasteiger charge is -2.20. The second kappa shape index (κ2) is 7.49. The van der Waals surface area contributed by atoms with Crippen molar-refractivity contribution < 1.29 is 4.79 Å². The van der Waals surface area contributed by atoms with E-state index in [0.717, 1.165) is 22.0 Å². The van der Waals surface area contributed by atoms with Gasteiger partial charge in [0.1, 0.15) is 0 Å². The van der Waals surface area contributed by atoms with Gasteiger partial charge >= 0.3 is 0 Å². The summed E-state index contributed by atoms with van der Waals surface area (Å²) >= 11 is 1.65. The van der Waals surface area contributed by atoms with E-state index in [0.29, 0.717) is 18.7 Å². The summed E-state index contributed by atoms with van der Waals surface area (Å²) in [6, 6.07) is 13.7. The van der Waals surface area contributed by atoms with Crippen LogP contribution in [0.1, 0.15) is 26.6 Å². The van der Waals surface area contributed by atoms with Gasteiger partial charge in [-0.1, -0.05) is 12.1 Å². The van der Waals surface area contributed by atoms with Crippen LogP contribution in [-0.2, 0) is 6.54 Å². The second-order valence-corrected chi connectivity index (χ2v) is 6.97. The number of carbonyl (C=O) groups excluding carboxylic acids is 1. The molecule has 5 heteroatoms. The van der Waals surface area contributed by atoms with Crippen molar-refractivity contribution in [2.45, 2.75) is 20.4 Å². The van der Waals surface area contributed by atoms with Crippen LogP contribution in [0.3, 0.4) is 0 Å². The molecule has 0 aliphatic rings. The van der Waals surface area contributed by atoms with Gasteiger partial charge in [-0.3, -0.25) is 4.79 Å². The number of aromatic nitrogens is 2. The summed E-state index contributed by atoms with van der Waals surface area (Å²) in [5.74, 6) is 0.00761. The third kappa shape index (κ3) is 3.88. The van der Waals surface area contributed by atoms with Crippen molar-refractivity contribution in [1.82, 2.24) is 14.7 Å². The van der Waals surface area contributed by atoms with Crippen LogP contribution >= 0.6 is 11.3 Å². The number of thiophene rings is 1. The van der Waals surface area contributed by atoms with Crippen molar-refractivity contribution in [3.63, 3.8) is 0 Å². The van der Waals surface area contributed by atoms with E-state index >= 15 is 0 Å². The third-order valence-corrected chi connectivity index (χ3v) is 4.79. The van der Waals surface area contributed by atoms with Crippen LogP contribution in [0.4, 0.5) is 0 Å². The van der Waals surface area contributed by atoms with E-state index in [2.05, 4.69) is 11.7 Å². The number of hydrogen-bond acceptors (Lipinski definition) is 3. The quantitative estimate of drug-likeness (QED) is 0.618. The zero-order valence-electron chi connectivity index (χ0n) is 14.5. The molecule has 4 nitrogen and oxygen atoms in total. The van der Waals surface area contributed by atoms with Crippen molar-refractivity contribution in [2.24, 2.45) is 0 Å². The summed E-state index contributed by atoms with van der Waals surface area (Å²) in [6.45, 7) is 8.88. The smallest absolute Gasteiger partial charge is 0.254 e. The van der Waals surface area contributed by atoms with Crippen LogP contribution in [0.15, 0.2) is 60.5 Å². The Hall–Kier alpha value is -2.66. The maximum absolute atomic E-state index is 12.8. The monoisotopic (exact) mass is 351 g/mol. The van der Waals surface area contributed by atoms with Crippen molar-refractivity contribution in [2.75, 3.05) is 6.54 Å². The van der Waals surface area contributed by atoms with Crippen LogP contribution in [0.2, 0.25) is 0 Å². The number of hydrogen-bond donors (Lipinski definition) is 0. The molecule has 2 heterocycles. The maximum atomic E-state index is 12.8. The standard InChI is InChI=1S/C20H21N3OS/c1-4-11-22(14-19-6-5-12-25-19)20(24)17-7-9-18(10-8-17)23-16(3)13-15(2)21-23/h4-10,12-13H,1,11,14H2,2-3H3. The van der Waals surface area contributed by atoms with Gasteiger partial charge in [-0.25, -0.2) is 4.68 Å². The SMILES string of the molecule is C=CCN(Cc1cccs1)C(=O)c1ccc(-n2nc(C)cc2C)cc1. The first-order chi connectivity index (χ1) is 12.1. The molecule has 3 aromatic rings. The van der Waals surface area contributed by atoms with E-state index in [9.17, 15) is 4.79 Å². The topological polar surface area (TPSA) is 38.1 Å². The van der Waals surface area contributed by atoms with E-state index in [1.165, 1.54) is 0 Å². The summed E-state index contributed by atoms with van der Waals surface area (Å²) in [6.07, 6.45) is 1.76. The average molecular weight is 351 g/mol. The summed E-state index contributed by atoms with van der Waals surface area (Å²) < 4.78 is 1.89. The Morgan fingerprint density at radius 1 is 1.28 bits per heavy atom. The molecule has 0 spiro atoms. The van der Waals surface area contributed by atoms with E-state index < -0.39 is 0 Å². The molecule has 0 bridgehead atoms. The van der Waals surface area contributed by atoms with Gasteiger partial charge in [-0.15, -0.1) is 17.9 Å². The van der Waals surface area contributed by atoms with Gasteiger partial charge < -0.3 is 4.90 Å². The van der Waals surface area contributed by atoms with E-state index in [-0.39, 0.29) is 5.91 Å². The fourth-order valence-electron chi connectivity index (χ4n) is 2.78. The van der Waals surface area contributed by atoms with Gasteiger partial charge in [0.25, 0.3) is 5.91 Å². The average Bonchev–Trinajstić information content (AvgIpc) is 3.23. The molecule has 0 fully saturated rings. The molecular weight excluding hydrogens is 330 g/mol. The zero-order valence-corrected chi connectivity index (χ0v) is 15.3. The van der Waals surface area contributed by atoms with Crippen LogP contribution < -0.4 is 0 Å². The second-order valence-electron chi connectivity index (χ2n) is 5.94. The molecule has 0 aliphatic carbocycles. The Morgan fingerprint density at radius 3 is 2.60 bits per heavy atom. The minimum absolute atomic E-state index is 0.00761. The van der Waals surface area contributed by atoms with Gasteiger partial charge in [-0.05, 0) is 55.6 Å². The van der Waals surface area contributed by atoms with Crippen molar-refractivity contribution in [1.29, 1.82) is 0 Å². The van der Waals surface area contributed by atoms with E-state index in [4.69, 9.17) is 0 Å². The Morgan fingerprint density at radius 2 is 2.04 bits per heavy atom. The number of nitrogens with zero attached hydrogens (tertiary/aromatic N) is 3. The van der Waals surface area contributed by atoms with Crippen molar-refractivity contribution >= 4 is 17.2 Å². The van der Waals surface area contributed by atoms with Gasteiger partial charge in [0.2, 0.25) is 0 Å². The summed E-state index contributed by atoms with van der Waals surface area (Å²) in [5, 5.41) is 6.50. The normalized spacial score (nSPS) is 10.6. The lowest BCUT2D eigenvalue weighted by Crippen LogP contribution is -2.30. The fraction of sp³-hybridized carbons (Fsp3) is 0.200. The van der Waals surface area contributed by atoms with Crippen molar-refractivity contribution in [3.8, 4) is 5.69 Å². The molecule has 1 amide bonds. The van der Waals surface area contributed by atoms with Gasteiger partial charge in [0.05, 0.1) is 17.9 Å². The van der Waals surface area contributed by atoms with Crippen molar-refractivity contribution in [3.05, 3.63) is 82.3 Å². The summed E-state index contributed by atoms with van der Waals surface area (Å²) in [4.78, 5) is 15.8. The summed E-state index contributed by atoms with van der Waals surface area (Å²) in [7, 11) is 0. The maximum Gasteiger partial charge on any atom is 0.254 e. The number of benzene rings is 1. The molecular formula is C20H21N3OS. The number of amides is 1. The van der Waals surface area contributed by atoms with Crippen LogP contribution in [0.25, 0.3) is 5.69 Å². The molecule has 0 saturated carbocycles. The molecule has 25 heavy (non-hydrogen) atoms. The van der Waals surface area contributed by atoms with Crippen LogP contribution in [0.5, 0.6) is 0 Å². The first-order valence-electron chi connectivity index (χ1n) is 8.14. The first-order valence-corrected chi connectivity index (χ1v) is 9.02. The molecule has 0 unspecified atom stereocenters. The van der Waals surface area contributed by atoms with E-state index in [1.54, 1.807) is 22.3 Å². The van der Waals surface area contributed by atoms with Gasteiger partial charge in [0, 0.05) is 22.7 Å². The van der Waals surface area contributed by atoms with Gasteiger partial charge in [0.15, 0.2) is 0 Å². The lowest BCUT2D eigenvalue weighted by molar-refractivity contribution is 0.0764. The predicted octanol–water partition coefficient (Wildman–Crippen LogP) is 4.38. The molecule has 0 radical (unpaired) electrons. The molecule has 0 saturated heterocycles. The largest absolute Gasteiger partial charge is 0.330 e. The lowest BCUT2D eigenvalue weighted by atomic mass is 10.1. The number of carbonyl (C=O) groups is 1. The highest BCUT2D eigenvalue weighted by atomic mass is 32.1. The molecule has 128 valence electrons. The molecule has 2 aromatic heterocycles. The Balaban J connectivity index is 1.80. The molecule has 0 aliphatic heterocycles. The highest BCUT2D eigenvalue weighted by molar-refractivity contribution is 7.09. The molecule has 1 aromatic carbocycles. The highest BCUT2D eigenvalue weighted by Crippen LogP contribution is 2.17.